The predicted octanol–water partition coefficient (Wildman–Crippen LogP) is 2.58. The Morgan fingerprint density at radius 2 is 1.67 bits per heavy atom. The highest BCUT2D eigenvalue weighted by Gasteiger charge is 2.40. The van der Waals surface area contributed by atoms with Gasteiger partial charge in [-0.25, -0.2) is 0 Å². The number of piperidine rings is 1. The van der Waals surface area contributed by atoms with E-state index in [0.717, 1.165) is 18.6 Å². The Kier molecular flexibility index (Phi) is 4.32. The third-order valence-corrected chi connectivity index (χ3v) is 4.68. The van der Waals surface area contributed by atoms with Gasteiger partial charge in [0, 0.05) is 12.1 Å². The van der Waals surface area contributed by atoms with Crippen molar-refractivity contribution in [2.45, 2.75) is 53.1 Å². The zero-order valence-corrected chi connectivity index (χ0v) is 10.7. The van der Waals surface area contributed by atoms with E-state index in [4.69, 9.17) is 0 Å². The molecule has 0 spiro atoms. The van der Waals surface area contributed by atoms with E-state index >= 15 is 0 Å². The molecule has 2 heteroatoms. The molecular formula is C13H25NO. The van der Waals surface area contributed by atoms with Crippen molar-refractivity contribution in [3.8, 4) is 0 Å². The summed E-state index contributed by atoms with van der Waals surface area (Å²) in [5.41, 5.74) is 0. The molecule has 0 bridgehead atoms. The largest absolute Gasteiger partial charge is 0.302 e. The molecule has 2 nitrogen and oxygen atoms in total. The van der Waals surface area contributed by atoms with E-state index in [1.807, 2.05) is 0 Å². The van der Waals surface area contributed by atoms with Gasteiger partial charge in [-0.1, -0.05) is 27.7 Å². The van der Waals surface area contributed by atoms with Gasteiger partial charge in [-0.2, -0.15) is 0 Å². The molecule has 5 unspecified atom stereocenters. The van der Waals surface area contributed by atoms with Crippen molar-refractivity contribution in [1.82, 2.24) is 4.90 Å². The van der Waals surface area contributed by atoms with Gasteiger partial charge >= 0.3 is 0 Å². The van der Waals surface area contributed by atoms with E-state index in [1.165, 1.54) is 0 Å². The van der Waals surface area contributed by atoms with Crippen molar-refractivity contribution >= 4 is 6.29 Å². The molecule has 1 fully saturated rings. The Morgan fingerprint density at radius 1 is 1.07 bits per heavy atom. The Morgan fingerprint density at radius 3 is 2.13 bits per heavy atom. The lowest BCUT2D eigenvalue weighted by atomic mass is 9.72. The van der Waals surface area contributed by atoms with Crippen LogP contribution in [0.2, 0.25) is 0 Å². The number of carbonyl (C=O) groups is 1. The molecule has 0 aromatic carbocycles. The SMILES string of the molecule is CCC1C(C)C(C)C(C)C(C)N1CC=O. The van der Waals surface area contributed by atoms with Crippen molar-refractivity contribution in [2.75, 3.05) is 6.54 Å². The molecule has 0 amide bonds. The van der Waals surface area contributed by atoms with Gasteiger partial charge in [0.15, 0.2) is 0 Å². The number of nitrogens with zero attached hydrogens (tertiary/aromatic N) is 1. The lowest BCUT2D eigenvalue weighted by Crippen LogP contribution is -2.56. The van der Waals surface area contributed by atoms with Crippen LogP contribution < -0.4 is 0 Å². The van der Waals surface area contributed by atoms with Gasteiger partial charge in [0.05, 0.1) is 6.54 Å². The number of hydrogen-bond donors (Lipinski definition) is 0. The van der Waals surface area contributed by atoms with Crippen molar-refractivity contribution in [3.63, 3.8) is 0 Å². The highest BCUT2D eigenvalue weighted by atomic mass is 16.1. The molecule has 1 saturated heterocycles. The Balaban J connectivity index is 2.86. The van der Waals surface area contributed by atoms with Gasteiger partial charge in [0.25, 0.3) is 0 Å². The first-order chi connectivity index (χ1) is 7.04. The smallest absolute Gasteiger partial charge is 0.134 e. The fraction of sp³-hybridized carbons (Fsp3) is 0.923. The highest BCUT2D eigenvalue weighted by Crippen LogP contribution is 2.37. The van der Waals surface area contributed by atoms with Gasteiger partial charge in [-0.05, 0) is 31.1 Å². The van der Waals surface area contributed by atoms with Crippen molar-refractivity contribution in [1.29, 1.82) is 0 Å². The molecule has 0 N–H and O–H groups in total. The third-order valence-electron chi connectivity index (χ3n) is 4.68. The van der Waals surface area contributed by atoms with E-state index in [9.17, 15) is 4.79 Å². The predicted molar refractivity (Wildman–Crippen MR) is 63.8 cm³/mol. The summed E-state index contributed by atoms with van der Waals surface area (Å²) < 4.78 is 0. The summed E-state index contributed by atoms with van der Waals surface area (Å²) in [6.07, 6.45) is 2.20. The fourth-order valence-corrected chi connectivity index (χ4v) is 3.17. The van der Waals surface area contributed by atoms with E-state index in [-0.39, 0.29) is 0 Å². The Labute approximate surface area is 94.0 Å². The van der Waals surface area contributed by atoms with Crippen molar-refractivity contribution in [2.24, 2.45) is 17.8 Å². The Hall–Kier alpha value is -0.370. The van der Waals surface area contributed by atoms with Crippen LogP contribution in [0.1, 0.15) is 41.0 Å². The number of carbonyl (C=O) groups excluding carboxylic acids is 1. The van der Waals surface area contributed by atoms with E-state index in [2.05, 4.69) is 39.5 Å². The van der Waals surface area contributed by atoms with Crippen LogP contribution in [0.5, 0.6) is 0 Å². The zero-order chi connectivity index (χ0) is 11.6. The number of hydrogen-bond acceptors (Lipinski definition) is 2. The quantitative estimate of drug-likeness (QED) is 0.669. The van der Waals surface area contributed by atoms with Crippen LogP contribution in [-0.4, -0.2) is 29.8 Å². The van der Waals surface area contributed by atoms with Crippen LogP contribution in [-0.2, 0) is 4.79 Å². The molecule has 1 aliphatic heterocycles. The normalized spacial score (nSPS) is 42.9. The second-order valence-corrected chi connectivity index (χ2v) is 5.16. The Bertz CT molecular complexity index is 217. The second kappa shape index (κ2) is 5.11. The molecule has 1 aliphatic rings. The van der Waals surface area contributed by atoms with Gasteiger partial charge in [-0.3, -0.25) is 4.90 Å². The first-order valence-corrected chi connectivity index (χ1v) is 6.23. The first kappa shape index (κ1) is 12.7. The lowest BCUT2D eigenvalue weighted by Gasteiger charge is -2.50. The maximum Gasteiger partial charge on any atom is 0.134 e. The fourth-order valence-electron chi connectivity index (χ4n) is 3.17. The number of aldehydes is 1. The van der Waals surface area contributed by atoms with Gasteiger partial charge in [0.1, 0.15) is 6.29 Å². The molecule has 0 aromatic heterocycles. The van der Waals surface area contributed by atoms with Crippen LogP contribution in [0.25, 0.3) is 0 Å². The average Bonchev–Trinajstić information content (AvgIpc) is 2.24. The molecule has 1 rings (SSSR count). The number of likely N-dealkylation sites (tertiary alicyclic amines) is 1. The summed E-state index contributed by atoms with van der Waals surface area (Å²) in [6, 6.07) is 1.11. The summed E-state index contributed by atoms with van der Waals surface area (Å²) in [6.45, 7) is 12.1. The van der Waals surface area contributed by atoms with E-state index < -0.39 is 0 Å². The standard InChI is InChI=1S/C13H25NO/c1-6-13-11(4)9(2)10(3)12(5)14(13)7-8-15/h8-13H,6-7H2,1-5H3. The molecule has 1 heterocycles. The van der Waals surface area contributed by atoms with Crippen molar-refractivity contribution < 1.29 is 4.79 Å². The minimum atomic E-state index is 0.534. The van der Waals surface area contributed by atoms with Crippen LogP contribution in [0.4, 0.5) is 0 Å². The third kappa shape index (κ3) is 2.25. The topological polar surface area (TPSA) is 20.3 Å². The summed E-state index contributed by atoms with van der Waals surface area (Å²) in [5.74, 6) is 2.14. The molecule has 0 aromatic rings. The molecule has 0 aliphatic carbocycles. The summed E-state index contributed by atoms with van der Waals surface area (Å²) in [4.78, 5) is 13.1. The minimum absolute atomic E-state index is 0.534. The van der Waals surface area contributed by atoms with Crippen LogP contribution in [0.3, 0.4) is 0 Å². The minimum Gasteiger partial charge on any atom is -0.302 e. The van der Waals surface area contributed by atoms with Gasteiger partial charge in [0.2, 0.25) is 0 Å². The molecule has 0 radical (unpaired) electrons. The van der Waals surface area contributed by atoms with Crippen molar-refractivity contribution in [3.05, 3.63) is 0 Å². The lowest BCUT2D eigenvalue weighted by molar-refractivity contribution is -0.112. The molecule has 15 heavy (non-hydrogen) atoms. The highest BCUT2D eigenvalue weighted by molar-refractivity contribution is 5.52. The van der Waals surface area contributed by atoms with Gasteiger partial charge < -0.3 is 4.79 Å². The molecular weight excluding hydrogens is 186 g/mol. The van der Waals surface area contributed by atoms with Gasteiger partial charge in [-0.15, -0.1) is 0 Å². The molecule has 0 saturated carbocycles. The monoisotopic (exact) mass is 211 g/mol. The number of rotatable bonds is 3. The van der Waals surface area contributed by atoms with Crippen LogP contribution in [0, 0.1) is 17.8 Å². The summed E-state index contributed by atoms with van der Waals surface area (Å²) in [5, 5.41) is 0. The second-order valence-electron chi connectivity index (χ2n) is 5.16. The average molecular weight is 211 g/mol. The molecule has 88 valence electrons. The van der Waals surface area contributed by atoms with Crippen LogP contribution >= 0.6 is 0 Å². The molecule has 5 atom stereocenters. The maximum absolute atomic E-state index is 10.7. The summed E-state index contributed by atoms with van der Waals surface area (Å²) in [7, 11) is 0. The first-order valence-electron chi connectivity index (χ1n) is 6.23. The van der Waals surface area contributed by atoms with Crippen LogP contribution in [0.15, 0.2) is 0 Å². The zero-order valence-electron chi connectivity index (χ0n) is 10.7. The summed E-state index contributed by atoms with van der Waals surface area (Å²) >= 11 is 0. The van der Waals surface area contributed by atoms with E-state index in [1.54, 1.807) is 0 Å². The maximum atomic E-state index is 10.7. The van der Waals surface area contributed by atoms with E-state index in [0.29, 0.717) is 30.5 Å².